The summed E-state index contributed by atoms with van der Waals surface area (Å²) in [5.41, 5.74) is 1.38. The van der Waals surface area contributed by atoms with Crippen LogP contribution in [0.15, 0.2) is 4.90 Å². The second-order valence-corrected chi connectivity index (χ2v) is 6.46. The van der Waals surface area contributed by atoms with Gasteiger partial charge in [0.05, 0.1) is 10.6 Å². The van der Waals surface area contributed by atoms with Gasteiger partial charge in [0.1, 0.15) is 5.82 Å². The first kappa shape index (κ1) is 11.3. The lowest BCUT2D eigenvalue weighted by Crippen LogP contribution is -2.24. The highest BCUT2D eigenvalue weighted by molar-refractivity contribution is 14.1. The third-order valence-electron chi connectivity index (χ3n) is 2.99. The van der Waals surface area contributed by atoms with Crippen molar-refractivity contribution in [3.8, 4) is 0 Å². The van der Waals surface area contributed by atoms with Crippen LogP contribution in [-0.2, 0) is 6.42 Å². The third-order valence-corrected chi connectivity index (χ3v) is 5.74. The van der Waals surface area contributed by atoms with E-state index in [2.05, 4.69) is 37.9 Å². The molecule has 1 saturated carbocycles. The van der Waals surface area contributed by atoms with Crippen LogP contribution in [-0.4, -0.2) is 25.7 Å². The molecule has 86 valence electrons. The van der Waals surface area contributed by atoms with E-state index >= 15 is 0 Å². The van der Waals surface area contributed by atoms with Crippen LogP contribution in [0.5, 0.6) is 0 Å². The summed E-state index contributed by atoms with van der Waals surface area (Å²) in [6.07, 6.45) is 3.47. The molecule has 6 heteroatoms. The summed E-state index contributed by atoms with van der Waals surface area (Å²) >= 11 is 10.2. The predicted octanol–water partition coefficient (Wildman–Crippen LogP) is 3.16. The molecule has 2 aliphatic rings. The maximum atomic E-state index is 5.95. The molecule has 0 bridgehead atoms. The minimum absolute atomic E-state index is 0.273. The van der Waals surface area contributed by atoms with Crippen molar-refractivity contribution in [3.05, 3.63) is 11.0 Å². The molecule has 3 nitrogen and oxygen atoms in total. The molecule has 1 aromatic heterocycles. The minimum atomic E-state index is 0.273. The molecule has 1 aliphatic heterocycles. The molecule has 1 fully saturated rings. The summed E-state index contributed by atoms with van der Waals surface area (Å²) in [5, 5.41) is 3.92. The number of hydrogen-bond donors (Lipinski definition) is 1. The zero-order valence-electron chi connectivity index (χ0n) is 8.59. The van der Waals surface area contributed by atoms with Crippen molar-refractivity contribution in [1.82, 2.24) is 9.97 Å². The van der Waals surface area contributed by atoms with Gasteiger partial charge in [-0.15, -0.1) is 11.8 Å². The first-order chi connectivity index (χ1) is 7.72. The number of thioether (sulfide) groups is 1. The van der Waals surface area contributed by atoms with Gasteiger partial charge >= 0.3 is 0 Å². The lowest BCUT2D eigenvalue weighted by Gasteiger charge is -2.17. The van der Waals surface area contributed by atoms with Gasteiger partial charge < -0.3 is 5.32 Å². The number of fused-ring (bicyclic) bond motifs is 1. The van der Waals surface area contributed by atoms with Gasteiger partial charge in [-0.25, -0.2) is 4.98 Å². The molecule has 0 saturated heterocycles. The zero-order chi connectivity index (χ0) is 11.2. The van der Waals surface area contributed by atoms with Crippen LogP contribution in [0.1, 0.15) is 18.5 Å². The molecular weight excluding hydrogens is 357 g/mol. The number of hydrogen-bond acceptors (Lipinski definition) is 4. The maximum Gasteiger partial charge on any atom is 0.224 e. The Balaban J connectivity index is 1.94. The van der Waals surface area contributed by atoms with E-state index in [4.69, 9.17) is 11.6 Å². The Labute approximate surface area is 117 Å². The van der Waals surface area contributed by atoms with Crippen molar-refractivity contribution in [3.63, 3.8) is 0 Å². The Morgan fingerprint density at radius 1 is 1.44 bits per heavy atom. The third kappa shape index (κ3) is 2.01. The summed E-state index contributed by atoms with van der Waals surface area (Å²) in [6.45, 7) is 0. The highest BCUT2D eigenvalue weighted by Gasteiger charge is 2.42. The molecule has 1 N–H and O–H groups in total. The number of nitrogens with one attached hydrogen (secondary N) is 1. The second-order valence-electron chi connectivity index (χ2n) is 4.25. The number of anilines is 1. The van der Waals surface area contributed by atoms with Gasteiger partial charge in [-0.05, 0) is 24.4 Å². The topological polar surface area (TPSA) is 37.8 Å². The number of rotatable bonds is 3. The normalized spacial score (nSPS) is 20.6. The molecule has 1 aliphatic carbocycles. The summed E-state index contributed by atoms with van der Waals surface area (Å²) in [7, 11) is 0. The number of aromatic nitrogens is 2. The predicted molar refractivity (Wildman–Crippen MR) is 75.9 cm³/mol. The number of aryl methyl sites for hydroxylation is 1. The van der Waals surface area contributed by atoms with Crippen molar-refractivity contribution in [2.45, 2.75) is 29.7 Å². The van der Waals surface area contributed by atoms with Crippen LogP contribution in [0, 0.1) is 0 Å². The van der Waals surface area contributed by atoms with Gasteiger partial charge in [-0.2, -0.15) is 4.98 Å². The van der Waals surface area contributed by atoms with E-state index in [0.717, 1.165) is 28.1 Å². The molecule has 0 spiro atoms. The number of halogens is 2. The van der Waals surface area contributed by atoms with Crippen molar-refractivity contribution >= 4 is 51.8 Å². The van der Waals surface area contributed by atoms with Gasteiger partial charge in [0.2, 0.25) is 5.28 Å². The first-order valence-corrected chi connectivity index (χ1v) is 8.15. The maximum absolute atomic E-state index is 5.95. The standard InChI is InChI=1S/C10H11ClIN3S/c11-9-13-6-1-4-16-7(6)8(14-9)15-10(5-12)2-3-10/h1-5H2,(H,13,14,15). The van der Waals surface area contributed by atoms with E-state index in [1.54, 1.807) is 0 Å². The highest BCUT2D eigenvalue weighted by Crippen LogP contribution is 2.44. The van der Waals surface area contributed by atoms with Gasteiger partial charge in [0.25, 0.3) is 0 Å². The fourth-order valence-corrected chi connectivity index (χ4v) is 4.00. The molecular formula is C10H11ClIN3S. The Morgan fingerprint density at radius 3 is 2.94 bits per heavy atom. The molecule has 1 aromatic rings. The average Bonchev–Trinajstić information content (AvgIpc) is 2.87. The number of alkyl halides is 1. The summed E-state index contributed by atoms with van der Waals surface area (Å²) in [5.74, 6) is 2.04. The molecule has 3 rings (SSSR count). The fourth-order valence-electron chi connectivity index (χ4n) is 1.82. The Kier molecular flexibility index (Phi) is 2.96. The van der Waals surface area contributed by atoms with Crippen molar-refractivity contribution in [1.29, 1.82) is 0 Å². The smallest absolute Gasteiger partial charge is 0.224 e. The lowest BCUT2D eigenvalue weighted by molar-refractivity contribution is 0.832. The average molecular weight is 368 g/mol. The van der Waals surface area contributed by atoms with E-state index in [-0.39, 0.29) is 5.54 Å². The monoisotopic (exact) mass is 367 g/mol. The molecule has 2 heterocycles. The van der Waals surface area contributed by atoms with Crippen molar-refractivity contribution in [2.24, 2.45) is 0 Å². The van der Waals surface area contributed by atoms with Crippen LogP contribution < -0.4 is 5.32 Å². The molecule has 0 unspecified atom stereocenters. The molecule has 0 amide bonds. The Bertz CT molecular complexity index is 436. The van der Waals surface area contributed by atoms with Crippen LogP contribution in [0.25, 0.3) is 0 Å². The van der Waals surface area contributed by atoms with Crippen LogP contribution >= 0.6 is 46.0 Å². The lowest BCUT2D eigenvalue weighted by atomic mass is 10.3. The van der Waals surface area contributed by atoms with E-state index in [9.17, 15) is 0 Å². The Hall–Kier alpha value is 0.250. The summed E-state index contributed by atoms with van der Waals surface area (Å²) in [4.78, 5) is 9.83. The van der Waals surface area contributed by atoms with Crippen molar-refractivity contribution < 1.29 is 0 Å². The molecule has 0 atom stereocenters. The summed E-state index contributed by atoms with van der Waals surface area (Å²) < 4.78 is 1.12. The Morgan fingerprint density at radius 2 is 2.25 bits per heavy atom. The number of nitrogens with zero attached hydrogens (tertiary/aromatic N) is 2. The van der Waals surface area contributed by atoms with E-state index in [0.29, 0.717) is 5.28 Å². The molecule has 0 radical (unpaired) electrons. The molecule has 16 heavy (non-hydrogen) atoms. The molecule has 0 aromatic carbocycles. The highest BCUT2D eigenvalue weighted by atomic mass is 127. The quantitative estimate of drug-likeness (QED) is 0.506. The summed E-state index contributed by atoms with van der Waals surface area (Å²) in [6, 6.07) is 0. The van der Waals surface area contributed by atoms with Gasteiger partial charge in [-0.1, -0.05) is 22.6 Å². The fraction of sp³-hybridized carbons (Fsp3) is 0.600. The van der Waals surface area contributed by atoms with E-state index < -0.39 is 0 Å². The van der Waals surface area contributed by atoms with Crippen LogP contribution in [0.3, 0.4) is 0 Å². The van der Waals surface area contributed by atoms with Crippen LogP contribution in [0.4, 0.5) is 5.82 Å². The van der Waals surface area contributed by atoms with E-state index in [1.165, 1.54) is 17.7 Å². The minimum Gasteiger partial charge on any atom is -0.363 e. The van der Waals surface area contributed by atoms with Gasteiger partial charge in [0.15, 0.2) is 0 Å². The zero-order valence-corrected chi connectivity index (χ0v) is 12.3. The van der Waals surface area contributed by atoms with Gasteiger partial charge in [0, 0.05) is 22.1 Å². The van der Waals surface area contributed by atoms with Crippen LogP contribution in [0.2, 0.25) is 5.28 Å². The van der Waals surface area contributed by atoms with E-state index in [1.807, 2.05) is 11.8 Å². The second kappa shape index (κ2) is 4.17. The largest absolute Gasteiger partial charge is 0.363 e. The van der Waals surface area contributed by atoms with Gasteiger partial charge in [-0.3, -0.25) is 0 Å². The van der Waals surface area contributed by atoms with Crippen molar-refractivity contribution in [2.75, 3.05) is 15.5 Å². The SMILES string of the molecule is Clc1nc2c(c(NC3(CI)CC3)n1)SCC2. The first-order valence-electron chi connectivity index (χ1n) is 5.26.